The van der Waals surface area contributed by atoms with Crippen molar-refractivity contribution < 1.29 is 22.8 Å². The minimum absolute atomic E-state index is 0.0398. The molecule has 1 aromatic heterocycles. The van der Waals surface area contributed by atoms with Crippen molar-refractivity contribution in [2.75, 3.05) is 6.54 Å². The summed E-state index contributed by atoms with van der Waals surface area (Å²) in [6.07, 6.45) is 0.236. The summed E-state index contributed by atoms with van der Waals surface area (Å²) in [7, 11) is -3.88. The van der Waals surface area contributed by atoms with Gasteiger partial charge in [0.05, 0.1) is 5.92 Å². The zero-order valence-corrected chi connectivity index (χ0v) is 14.6. The fourth-order valence-electron chi connectivity index (χ4n) is 2.40. The number of benzene rings is 1. The predicted octanol–water partition coefficient (Wildman–Crippen LogP) is 1.82. The molecule has 1 atom stereocenters. The molecule has 1 aromatic carbocycles. The minimum Gasteiger partial charge on any atom is -0.481 e. The van der Waals surface area contributed by atoms with E-state index in [-0.39, 0.29) is 29.3 Å². The van der Waals surface area contributed by atoms with E-state index < -0.39 is 21.9 Å². The van der Waals surface area contributed by atoms with Crippen molar-refractivity contribution in [3.8, 4) is 0 Å². The molecule has 130 valence electrons. The number of carbonyl (C=O) groups is 1. The Balaban J connectivity index is 2.11. The first-order valence-electron chi connectivity index (χ1n) is 7.41. The number of hydrogen-bond donors (Lipinski definition) is 2. The van der Waals surface area contributed by atoms with Gasteiger partial charge in [-0.2, -0.15) is 0 Å². The lowest BCUT2D eigenvalue weighted by atomic mass is 9.99. The van der Waals surface area contributed by atoms with Crippen molar-refractivity contribution in [2.24, 2.45) is 5.92 Å². The van der Waals surface area contributed by atoms with Gasteiger partial charge in [-0.1, -0.05) is 35.0 Å². The summed E-state index contributed by atoms with van der Waals surface area (Å²) in [5, 5.41) is 13.0. The first-order valence-corrected chi connectivity index (χ1v) is 8.90. The number of nitrogens with zero attached hydrogens (tertiary/aromatic N) is 1. The van der Waals surface area contributed by atoms with Crippen LogP contribution >= 0.6 is 0 Å². The zero-order chi connectivity index (χ0) is 17.9. The molecule has 0 bridgehead atoms. The van der Waals surface area contributed by atoms with Crippen molar-refractivity contribution in [1.82, 2.24) is 9.88 Å². The van der Waals surface area contributed by atoms with Gasteiger partial charge in [0.2, 0.25) is 10.0 Å². The Bertz CT molecular complexity index is 805. The summed E-state index contributed by atoms with van der Waals surface area (Å²) in [6, 6.07) is 7.46. The monoisotopic (exact) mass is 352 g/mol. The standard InChI is InChI=1S/C16H20N2O5S/c1-10-4-6-13(7-5-10)8-14(16(19)20)9-17-24(21,22)15-11(2)18-23-12(15)3/h4-7,14,17H,8-9H2,1-3H3,(H,19,20). The maximum atomic E-state index is 12.4. The molecule has 0 fully saturated rings. The van der Waals surface area contributed by atoms with E-state index in [9.17, 15) is 18.3 Å². The highest BCUT2D eigenvalue weighted by molar-refractivity contribution is 7.89. The molecular formula is C16H20N2O5S. The van der Waals surface area contributed by atoms with Crippen molar-refractivity contribution in [3.63, 3.8) is 0 Å². The molecule has 8 heteroatoms. The van der Waals surface area contributed by atoms with Gasteiger partial charge in [-0.3, -0.25) is 4.79 Å². The molecule has 2 aromatic rings. The summed E-state index contributed by atoms with van der Waals surface area (Å²) in [6.45, 7) is 4.74. The van der Waals surface area contributed by atoms with Gasteiger partial charge >= 0.3 is 5.97 Å². The highest BCUT2D eigenvalue weighted by atomic mass is 32.2. The summed E-state index contributed by atoms with van der Waals surface area (Å²) in [4.78, 5) is 11.4. The van der Waals surface area contributed by atoms with Crippen LogP contribution in [0.3, 0.4) is 0 Å². The molecular weight excluding hydrogens is 332 g/mol. The number of aliphatic carboxylic acids is 1. The number of carboxylic acid groups (broad SMARTS) is 1. The van der Waals surface area contributed by atoms with E-state index in [2.05, 4.69) is 9.88 Å². The molecule has 7 nitrogen and oxygen atoms in total. The number of sulfonamides is 1. The second-order valence-electron chi connectivity index (χ2n) is 5.73. The third kappa shape index (κ3) is 4.21. The Labute approximate surface area is 140 Å². The fraction of sp³-hybridized carbons (Fsp3) is 0.375. The van der Waals surface area contributed by atoms with E-state index in [4.69, 9.17) is 4.52 Å². The van der Waals surface area contributed by atoms with Crippen LogP contribution in [0.4, 0.5) is 0 Å². The normalized spacial score (nSPS) is 13.0. The van der Waals surface area contributed by atoms with Gasteiger partial charge in [-0.15, -0.1) is 0 Å². The van der Waals surface area contributed by atoms with Gasteiger partial charge in [-0.25, -0.2) is 13.1 Å². The van der Waals surface area contributed by atoms with Crippen LogP contribution in [-0.2, 0) is 21.2 Å². The number of nitrogens with one attached hydrogen (secondary N) is 1. The lowest BCUT2D eigenvalue weighted by Crippen LogP contribution is -2.34. The van der Waals surface area contributed by atoms with E-state index >= 15 is 0 Å². The summed E-state index contributed by atoms with van der Waals surface area (Å²) >= 11 is 0. The fourth-order valence-corrected chi connectivity index (χ4v) is 3.80. The summed E-state index contributed by atoms with van der Waals surface area (Å²) in [5.41, 5.74) is 2.15. The van der Waals surface area contributed by atoms with Crippen LogP contribution in [-0.4, -0.2) is 31.2 Å². The van der Waals surface area contributed by atoms with E-state index in [0.29, 0.717) is 0 Å². The highest BCUT2D eigenvalue weighted by Crippen LogP contribution is 2.19. The average molecular weight is 352 g/mol. The molecule has 1 unspecified atom stereocenters. The quantitative estimate of drug-likeness (QED) is 0.786. The van der Waals surface area contributed by atoms with Gasteiger partial charge in [0.1, 0.15) is 10.6 Å². The van der Waals surface area contributed by atoms with Crippen LogP contribution in [0, 0.1) is 26.7 Å². The number of rotatable bonds is 7. The first-order chi connectivity index (χ1) is 11.2. The Morgan fingerprint density at radius 2 is 1.88 bits per heavy atom. The molecule has 0 saturated carbocycles. The Morgan fingerprint density at radius 3 is 2.38 bits per heavy atom. The molecule has 2 N–H and O–H groups in total. The van der Waals surface area contributed by atoms with Crippen molar-refractivity contribution in [2.45, 2.75) is 32.1 Å². The Hall–Kier alpha value is -2.19. The predicted molar refractivity (Wildman–Crippen MR) is 87.2 cm³/mol. The average Bonchev–Trinajstić information content (AvgIpc) is 2.85. The molecule has 1 heterocycles. The van der Waals surface area contributed by atoms with Gasteiger partial charge in [0.25, 0.3) is 0 Å². The molecule has 0 aliphatic carbocycles. The lowest BCUT2D eigenvalue weighted by Gasteiger charge is -2.14. The molecule has 0 aliphatic rings. The van der Waals surface area contributed by atoms with Gasteiger partial charge in [-0.05, 0) is 32.8 Å². The highest BCUT2D eigenvalue weighted by Gasteiger charge is 2.27. The van der Waals surface area contributed by atoms with E-state index in [0.717, 1.165) is 11.1 Å². The van der Waals surface area contributed by atoms with Gasteiger partial charge < -0.3 is 9.63 Å². The van der Waals surface area contributed by atoms with E-state index in [1.165, 1.54) is 13.8 Å². The molecule has 0 radical (unpaired) electrons. The smallest absolute Gasteiger partial charge is 0.308 e. The minimum atomic E-state index is -3.88. The number of carboxylic acids is 1. The third-order valence-electron chi connectivity index (χ3n) is 3.71. The van der Waals surface area contributed by atoms with Crippen LogP contribution in [0.1, 0.15) is 22.6 Å². The van der Waals surface area contributed by atoms with Crippen molar-refractivity contribution in [1.29, 1.82) is 0 Å². The van der Waals surface area contributed by atoms with E-state index in [1.54, 1.807) is 0 Å². The van der Waals surface area contributed by atoms with Crippen molar-refractivity contribution in [3.05, 3.63) is 46.8 Å². The molecule has 0 amide bonds. The number of aromatic nitrogens is 1. The molecule has 0 spiro atoms. The topological polar surface area (TPSA) is 110 Å². The molecule has 0 saturated heterocycles. The molecule has 0 aliphatic heterocycles. The van der Waals surface area contributed by atoms with Gasteiger partial charge in [0, 0.05) is 6.54 Å². The molecule has 24 heavy (non-hydrogen) atoms. The Kier molecular flexibility index (Phi) is 5.40. The first kappa shape index (κ1) is 18.2. The maximum Gasteiger partial charge on any atom is 0.308 e. The lowest BCUT2D eigenvalue weighted by molar-refractivity contribution is -0.141. The third-order valence-corrected chi connectivity index (χ3v) is 5.38. The Morgan fingerprint density at radius 1 is 1.25 bits per heavy atom. The largest absolute Gasteiger partial charge is 0.481 e. The second kappa shape index (κ2) is 7.14. The number of hydrogen-bond acceptors (Lipinski definition) is 5. The van der Waals surface area contributed by atoms with Gasteiger partial charge in [0.15, 0.2) is 5.76 Å². The van der Waals surface area contributed by atoms with Crippen LogP contribution < -0.4 is 4.72 Å². The second-order valence-corrected chi connectivity index (χ2v) is 7.43. The zero-order valence-electron chi connectivity index (χ0n) is 13.7. The molecule has 2 rings (SSSR count). The summed E-state index contributed by atoms with van der Waals surface area (Å²) < 4.78 is 31.9. The van der Waals surface area contributed by atoms with Crippen molar-refractivity contribution >= 4 is 16.0 Å². The van der Waals surface area contributed by atoms with Crippen LogP contribution in [0.5, 0.6) is 0 Å². The van der Waals surface area contributed by atoms with Crippen LogP contribution in [0.2, 0.25) is 0 Å². The maximum absolute atomic E-state index is 12.4. The van der Waals surface area contributed by atoms with Crippen LogP contribution in [0.15, 0.2) is 33.7 Å². The number of aryl methyl sites for hydroxylation is 3. The summed E-state index contributed by atoms with van der Waals surface area (Å²) in [5.74, 6) is -1.76. The van der Waals surface area contributed by atoms with Crippen LogP contribution in [0.25, 0.3) is 0 Å². The van der Waals surface area contributed by atoms with E-state index in [1.807, 2.05) is 31.2 Å². The SMILES string of the molecule is Cc1ccc(CC(CNS(=O)(=O)c2c(C)noc2C)C(=O)O)cc1.